The van der Waals surface area contributed by atoms with Gasteiger partial charge in [-0.15, -0.1) is 12.4 Å². The van der Waals surface area contributed by atoms with Gasteiger partial charge >= 0.3 is 5.92 Å². The van der Waals surface area contributed by atoms with E-state index in [0.717, 1.165) is 0 Å². The minimum Gasteiger partial charge on any atom is -0.364 e. The Hall–Kier alpha value is -0.450. The normalized spacial score (nSPS) is 10.1. The average molecular weight is 164 g/mol. The quantitative estimate of drug-likeness (QED) is 0.633. The Balaban J connectivity index is 0. The molecule has 9 heavy (non-hydrogen) atoms. The number of nitrogens with two attached hydrogens (primary N) is 1. The molecule has 0 bridgehead atoms. The molecule has 0 saturated heterocycles. The summed E-state index contributed by atoms with van der Waals surface area (Å²) in [6, 6.07) is 0. The van der Waals surface area contributed by atoms with Gasteiger partial charge in [-0.25, -0.2) is 4.39 Å². The summed E-state index contributed by atoms with van der Waals surface area (Å²) in [4.78, 5) is 9.48. The summed E-state index contributed by atoms with van der Waals surface area (Å²) in [5.41, 5.74) is 4.05. The Bertz CT molecular complexity index is 107. The van der Waals surface area contributed by atoms with Gasteiger partial charge in [-0.3, -0.25) is 4.79 Å². The van der Waals surface area contributed by atoms with Gasteiger partial charge in [0.1, 0.15) is 0 Å². The predicted octanol–water partition coefficient (Wildman–Crippen LogP) is 0.498. The van der Waals surface area contributed by atoms with E-state index in [2.05, 4.69) is 5.73 Å². The second-order valence-electron chi connectivity index (χ2n) is 1.20. The van der Waals surface area contributed by atoms with Gasteiger partial charge in [0.2, 0.25) is 0 Å². The van der Waals surface area contributed by atoms with Crippen LogP contribution < -0.4 is 5.73 Å². The molecule has 0 aromatic carbocycles. The highest BCUT2D eigenvalue weighted by atomic mass is 35.5. The van der Waals surface area contributed by atoms with Crippen molar-refractivity contribution in [2.45, 2.75) is 5.92 Å². The Kier molecular flexibility index (Phi) is 4.48. The summed E-state index contributed by atoms with van der Waals surface area (Å²) in [6.45, 7) is -2.03. The Morgan fingerprint density at radius 1 is 1.56 bits per heavy atom. The van der Waals surface area contributed by atoms with Crippen molar-refractivity contribution in [3.8, 4) is 0 Å². The molecule has 0 unspecified atom stereocenters. The molecule has 0 heterocycles. The van der Waals surface area contributed by atoms with Crippen LogP contribution in [0.25, 0.3) is 0 Å². The van der Waals surface area contributed by atoms with Crippen LogP contribution >= 0.6 is 12.4 Å². The second kappa shape index (κ2) is 3.55. The SMILES string of the molecule is Cl.NC(=O)C(F)(F)CF. The van der Waals surface area contributed by atoms with Gasteiger partial charge in [0.05, 0.1) is 0 Å². The van der Waals surface area contributed by atoms with Crippen molar-refractivity contribution in [1.82, 2.24) is 0 Å². The van der Waals surface area contributed by atoms with E-state index in [0.29, 0.717) is 0 Å². The lowest BCUT2D eigenvalue weighted by Crippen LogP contribution is -2.37. The molecule has 0 atom stereocenters. The maximum absolute atomic E-state index is 11.4. The standard InChI is InChI=1S/C3H4F3NO.ClH/c4-1-3(5,6)2(7)8;/h1H2,(H2,7,8);1H. The topological polar surface area (TPSA) is 43.1 Å². The highest BCUT2D eigenvalue weighted by molar-refractivity contribution is 5.85. The van der Waals surface area contributed by atoms with Gasteiger partial charge in [0, 0.05) is 0 Å². The summed E-state index contributed by atoms with van der Waals surface area (Å²) < 4.78 is 33.8. The number of carbonyl (C=O) groups is 1. The van der Waals surface area contributed by atoms with E-state index in [1.165, 1.54) is 0 Å². The van der Waals surface area contributed by atoms with E-state index >= 15 is 0 Å². The number of carbonyl (C=O) groups excluding carboxylic acids is 1. The molecule has 2 nitrogen and oxygen atoms in total. The lowest BCUT2D eigenvalue weighted by Gasteiger charge is -2.03. The van der Waals surface area contributed by atoms with E-state index in [1.807, 2.05) is 0 Å². The van der Waals surface area contributed by atoms with Crippen molar-refractivity contribution in [3.63, 3.8) is 0 Å². The number of hydrogen-bond acceptors (Lipinski definition) is 1. The van der Waals surface area contributed by atoms with Crippen LogP contribution in [0.15, 0.2) is 0 Å². The Morgan fingerprint density at radius 3 is 1.89 bits per heavy atom. The van der Waals surface area contributed by atoms with Crippen LogP contribution in [0.1, 0.15) is 0 Å². The average Bonchev–Trinajstić information content (AvgIpc) is 1.67. The number of halogens is 4. The summed E-state index contributed by atoms with van der Waals surface area (Å²) in [5.74, 6) is -5.92. The first-order valence-electron chi connectivity index (χ1n) is 1.74. The third kappa shape index (κ3) is 3.18. The fourth-order valence-corrected chi connectivity index (χ4v) is 0.0659. The van der Waals surface area contributed by atoms with Gasteiger partial charge in [0.25, 0.3) is 5.91 Å². The molecule has 0 aliphatic heterocycles. The van der Waals surface area contributed by atoms with Crippen molar-refractivity contribution in [1.29, 1.82) is 0 Å². The van der Waals surface area contributed by atoms with Gasteiger partial charge in [0.15, 0.2) is 6.67 Å². The van der Waals surface area contributed by atoms with Crippen molar-refractivity contribution < 1.29 is 18.0 Å². The van der Waals surface area contributed by atoms with Crippen LogP contribution in [-0.4, -0.2) is 18.5 Å². The van der Waals surface area contributed by atoms with Crippen LogP contribution in [0, 0.1) is 0 Å². The Morgan fingerprint density at radius 2 is 1.89 bits per heavy atom. The predicted molar refractivity (Wildman–Crippen MR) is 27.4 cm³/mol. The van der Waals surface area contributed by atoms with Crippen molar-refractivity contribution in [3.05, 3.63) is 0 Å². The van der Waals surface area contributed by atoms with Crippen LogP contribution in [0.2, 0.25) is 0 Å². The molecule has 0 aromatic heterocycles. The maximum atomic E-state index is 11.4. The summed E-state index contributed by atoms with van der Waals surface area (Å²) in [7, 11) is 0. The summed E-state index contributed by atoms with van der Waals surface area (Å²) >= 11 is 0. The van der Waals surface area contributed by atoms with Gasteiger partial charge < -0.3 is 5.73 Å². The number of hydrogen-bond donors (Lipinski definition) is 1. The minimum absolute atomic E-state index is 0. The molecule has 0 aliphatic rings. The lowest BCUT2D eigenvalue weighted by atomic mass is 10.4. The first-order valence-corrected chi connectivity index (χ1v) is 1.74. The lowest BCUT2D eigenvalue weighted by molar-refractivity contribution is -0.143. The highest BCUT2D eigenvalue weighted by Gasteiger charge is 2.36. The monoisotopic (exact) mass is 163 g/mol. The fraction of sp³-hybridized carbons (Fsp3) is 0.667. The smallest absolute Gasteiger partial charge is 0.351 e. The molecule has 0 saturated carbocycles. The second-order valence-corrected chi connectivity index (χ2v) is 1.20. The zero-order chi connectivity index (χ0) is 6.78. The number of alkyl halides is 3. The molecule has 6 heteroatoms. The van der Waals surface area contributed by atoms with Crippen LogP contribution in [-0.2, 0) is 4.79 Å². The van der Waals surface area contributed by atoms with E-state index in [1.54, 1.807) is 0 Å². The fourth-order valence-electron chi connectivity index (χ4n) is 0.0659. The summed E-state index contributed by atoms with van der Waals surface area (Å²) in [5, 5.41) is 0. The van der Waals surface area contributed by atoms with Crippen molar-refractivity contribution in [2.24, 2.45) is 5.73 Å². The highest BCUT2D eigenvalue weighted by Crippen LogP contribution is 2.11. The van der Waals surface area contributed by atoms with Crippen LogP contribution in [0.3, 0.4) is 0 Å². The molecule has 0 radical (unpaired) electrons. The van der Waals surface area contributed by atoms with Crippen molar-refractivity contribution in [2.75, 3.05) is 6.67 Å². The van der Waals surface area contributed by atoms with Gasteiger partial charge in [-0.05, 0) is 0 Å². The molecule has 0 aliphatic carbocycles. The van der Waals surface area contributed by atoms with Gasteiger partial charge in [-0.2, -0.15) is 8.78 Å². The summed E-state index contributed by atoms with van der Waals surface area (Å²) in [6.07, 6.45) is 0. The first-order chi connectivity index (χ1) is 3.50. The van der Waals surface area contributed by atoms with E-state index in [4.69, 9.17) is 0 Å². The number of rotatable bonds is 2. The molecular formula is C3H5ClF3NO. The molecule has 0 spiro atoms. The molecule has 0 rings (SSSR count). The number of primary amides is 1. The third-order valence-electron chi connectivity index (χ3n) is 0.528. The van der Waals surface area contributed by atoms with Gasteiger partial charge in [-0.1, -0.05) is 0 Å². The zero-order valence-corrected chi connectivity index (χ0v) is 5.05. The maximum Gasteiger partial charge on any atom is 0.351 e. The van der Waals surface area contributed by atoms with E-state index in [9.17, 15) is 18.0 Å². The zero-order valence-electron chi connectivity index (χ0n) is 4.23. The molecular weight excluding hydrogens is 158 g/mol. The molecule has 1 amide bonds. The first kappa shape index (κ1) is 11.4. The molecule has 2 N–H and O–H groups in total. The van der Waals surface area contributed by atoms with E-state index in [-0.39, 0.29) is 12.4 Å². The van der Waals surface area contributed by atoms with Crippen molar-refractivity contribution >= 4 is 18.3 Å². The number of amides is 1. The molecule has 56 valence electrons. The largest absolute Gasteiger partial charge is 0.364 e. The molecule has 0 fully saturated rings. The van der Waals surface area contributed by atoms with Crippen LogP contribution in [0.4, 0.5) is 13.2 Å². The minimum atomic E-state index is -3.99. The molecule has 0 aromatic rings. The van der Waals surface area contributed by atoms with E-state index < -0.39 is 18.5 Å². The Labute approximate surface area is 55.6 Å². The van der Waals surface area contributed by atoms with Crippen LogP contribution in [0.5, 0.6) is 0 Å². The third-order valence-corrected chi connectivity index (χ3v) is 0.528.